The van der Waals surface area contributed by atoms with E-state index in [4.69, 9.17) is 4.74 Å². The molecule has 2 N–H and O–H groups in total. The smallest absolute Gasteiger partial charge is 0.339 e. The Kier molecular flexibility index (Phi) is 5.11. The highest BCUT2D eigenvalue weighted by Crippen LogP contribution is 2.21. The number of fused-ring (bicyclic) bond motifs is 1. The van der Waals surface area contributed by atoms with E-state index >= 15 is 0 Å². The summed E-state index contributed by atoms with van der Waals surface area (Å²) >= 11 is 0. The summed E-state index contributed by atoms with van der Waals surface area (Å²) in [6.45, 7) is -0.576. The summed E-state index contributed by atoms with van der Waals surface area (Å²) < 4.78 is 44.6. The van der Waals surface area contributed by atoms with Crippen LogP contribution in [0.15, 0.2) is 36.4 Å². The Labute approximate surface area is 151 Å². The molecule has 1 heterocycles. The normalized spacial score (nSPS) is 15.5. The molecule has 0 saturated carbocycles. The number of rotatable bonds is 4. The molecule has 27 heavy (non-hydrogen) atoms. The fraction of sp³-hybridized carbons (Fsp3) is 0.167. The number of nitrogens with one attached hydrogen (secondary N) is 2. The average Bonchev–Trinajstić information content (AvgIpc) is 2.66. The van der Waals surface area contributed by atoms with E-state index < -0.39 is 53.6 Å². The lowest BCUT2D eigenvalue weighted by molar-refractivity contribution is -0.131. The quantitative estimate of drug-likeness (QED) is 0.629. The number of carbonyl (C=O) groups is 3. The van der Waals surface area contributed by atoms with Gasteiger partial charge in [-0.15, -0.1) is 0 Å². The van der Waals surface area contributed by atoms with Crippen LogP contribution in [0.25, 0.3) is 0 Å². The highest BCUT2D eigenvalue weighted by atomic mass is 19.2. The first-order valence-electron chi connectivity index (χ1n) is 7.86. The third kappa shape index (κ3) is 3.91. The second-order valence-electron chi connectivity index (χ2n) is 5.74. The highest BCUT2D eigenvalue weighted by Gasteiger charge is 2.31. The molecular weight excluding hydrogens is 365 g/mol. The fourth-order valence-electron chi connectivity index (χ4n) is 2.58. The maximum Gasteiger partial charge on any atom is 0.339 e. The van der Waals surface area contributed by atoms with Gasteiger partial charge in [0.25, 0.3) is 5.91 Å². The third-order valence-electron chi connectivity index (χ3n) is 3.92. The van der Waals surface area contributed by atoms with Crippen LogP contribution in [-0.2, 0) is 20.7 Å². The predicted octanol–water partition coefficient (Wildman–Crippen LogP) is 1.94. The zero-order chi connectivity index (χ0) is 19.6. The number of ether oxygens (including phenoxy) is 1. The monoisotopic (exact) mass is 378 g/mol. The molecule has 2 aromatic carbocycles. The number of amides is 2. The van der Waals surface area contributed by atoms with Crippen molar-refractivity contribution in [2.24, 2.45) is 0 Å². The van der Waals surface area contributed by atoms with Gasteiger partial charge in [0.1, 0.15) is 0 Å². The molecule has 2 aromatic rings. The SMILES string of the molecule is O=C(CNC(=O)C1Cc2ccccc2C(=O)O1)Nc1ccc(F)c(F)c1F. The average molecular weight is 378 g/mol. The van der Waals surface area contributed by atoms with E-state index in [1.54, 1.807) is 24.3 Å². The number of hydrogen-bond acceptors (Lipinski definition) is 4. The Hall–Kier alpha value is -3.36. The second kappa shape index (κ2) is 7.48. The molecule has 6 nitrogen and oxygen atoms in total. The lowest BCUT2D eigenvalue weighted by Crippen LogP contribution is -2.44. The van der Waals surface area contributed by atoms with Crippen molar-refractivity contribution in [1.29, 1.82) is 0 Å². The van der Waals surface area contributed by atoms with Gasteiger partial charge >= 0.3 is 5.97 Å². The van der Waals surface area contributed by atoms with Crippen molar-refractivity contribution in [3.05, 3.63) is 65.0 Å². The zero-order valence-electron chi connectivity index (χ0n) is 13.7. The van der Waals surface area contributed by atoms with E-state index in [1.807, 2.05) is 5.32 Å². The predicted molar refractivity (Wildman–Crippen MR) is 87.3 cm³/mol. The van der Waals surface area contributed by atoms with E-state index in [0.29, 0.717) is 17.2 Å². The number of halogens is 3. The fourth-order valence-corrected chi connectivity index (χ4v) is 2.58. The van der Waals surface area contributed by atoms with E-state index in [1.165, 1.54) is 0 Å². The Morgan fingerprint density at radius 3 is 2.59 bits per heavy atom. The minimum absolute atomic E-state index is 0.146. The van der Waals surface area contributed by atoms with E-state index in [-0.39, 0.29) is 6.42 Å². The highest BCUT2D eigenvalue weighted by molar-refractivity contribution is 5.98. The first-order valence-corrected chi connectivity index (χ1v) is 7.86. The summed E-state index contributed by atoms with van der Waals surface area (Å²) in [4.78, 5) is 35.8. The molecule has 1 unspecified atom stereocenters. The third-order valence-corrected chi connectivity index (χ3v) is 3.92. The van der Waals surface area contributed by atoms with Crippen LogP contribution in [0.5, 0.6) is 0 Å². The lowest BCUT2D eigenvalue weighted by Gasteiger charge is -2.23. The van der Waals surface area contributed by atoms with E-state index in [9.17, 15) is 27.6 Å². The van der Waals surface area contributed by atoms with Crippen molar-refractivity contribution in [2.45, 2.75) is 12.5 Å². The van der Waals surface area contributed by atoms with E-state index in [0.717, 1.165) is 6.07 Å². The molecule has 0 aromatic heterocycles. The molecule has 0 spiro atoms. The molecule has 1 atom stereocenters. The minimum Gasteiger partial charge on any atom is -0.448 e. The molecule has 1 aliphatic rings. The van der Waals surface area contributed by atoms with Crippen molar-refractivity contribution in [3.8, 4) is 0 Å². The van der Waals surface area contributed by atoms with Gasteiger partial charge in [-0.1, -0.05) is 18.2 Å². The lowest BCUT2D eigenvalue weighted by atomic mass is 9.98. The Morgan fingerprint density at radius 1 is 1.07 bits per heavy atom. The van der Waals surface area contributed by atoms with Crippen molar-refractivity contribution >= 4 is 23.5 Å². The molecule has 140 valence electrons. The molecule has 3 rings (SSSR count). The maximum atomic E-state index is 13.5. The summed E-state index contributed by atoms with van der Waals surface area (Å²) in [6, 6.07) is 8.17. The van der Waals surface area contributed by atoms with Gasteiger partial charge in [0.15, 0.2) is 23.6 Å². The van der Waals surface area contributed by atoms with Gasteiger partial charge in [-0.05, 0) is 23.8 Å². The van der Waals surface area contributed by atoms with Crippen LogP contribution >= 0.6 is 0 Å². The van der Waals surface area contributed by atoms with Gasteiger partial charge in [-0.3, -0.25) is 9.59 Å². The van der Waals surface area contributed by atoms with Gasteiger partial charge in [0.05, 0.1) is 17.8 Å². The summed E-state index contributed by atoms with van der Waals surface area (Å²) in [5.41, 5.74) is 0.446. The first-order chi connectivity index (χ1) is 12.9. The van der Waals surface area contributed by atoms with Crippen LogP contribution in [0, 0.1) is 17.5 Å². The number of anilines is 1. The molecule has 0 bridgehead atoms. The molecule has 0 saturated heterocycles. The van der Waals surface area contributed by atoms with Gasteiger partial charge < -0.3 is 15.4 Å². The second-order valence-corrected chi connectivity index (χ2v) is 5.74. The van der Waals surface area contributed by atoms with Gasteiger partial charge in [-0.2, -0.15) is 0 Å². The molecule has 0 aliphatic carbocycles. The number of hydrogen-bond donors (Lipinski definition) is 2. The van der Waals surface area contributed by atoms with Crippen LogP contribution < -0.4 is 10.6 Å². The maximum absolute atomic E-state index is 13.5. The summed E-state index contributed by atoms with van der Waals surface area (Å²) in [6.07, 6.45) is -0.965. The van der Waals surface area contributed by atoms with Crippen molar-refractivity contribution in [2.75, 3.05) is 11.9 Å². The number of esters is 1. The van der Waals surface area contributed by atoms with Gasteiger partial charge in [0, 0.05) is 6.42 Å². The number of benzene rings is 2. The number of carbonyl (C=O) groups excluding carboxylic acids is 3. The summed E-state index contributed by atoms with van der Waals surface area (Å²) in [7, 11) is 0. The van der Waals surface area contributed by atoms with Crippen LogP contribution in [0.2, 0.25) is 0 Å². The molecule has 1 aliphatic heterocycles. The van der Waals surface area contributed by atoms with E-state index in [2.05, 4.69) is 5.32 Å². The van der Waals surface area contributed by atoms with Crippen molar-refractivity contribution in [3.63, 3.8) is 0 Å². The van der Waals surface area contributed by atoms with Gasteiger partial charge in [0.2, 0.25) is 5.91 Å². The van der Waals surface area contributed by atoms with Crippen LogP contribution in [0.1, 0.15) is 15.9 Å². The molecule has 0 radical (unpaired) electrons. The van der Waals surface area contributed by atoms with Crippen molar-refractivity contribution in [1.82, 2.24) is 5.32 Å². The Morgan fingerprint density at radius 2 is 1.81 bits per heavy atom. The molecule has 0 fully saturated rings. The largest absolute Gasteiger partial charge is 0.448 e. The summed E-state index contributed by atoms with van der Waals surface area (Å²) in [5, 5.41) is 4.27. The standard InChI is InChI=1S/C18H13F3N2O4/c19-11-5-6-12(16(21)15(11)20)23-14(24)8-22-17(25)13-7-9-3-1-2-4-10(9)18(26)27-13/h1-6,13H,7-8H2,(H,22,25)(H,23,24). The first kappa shape index (κ1) is 18.4. The van der Waals surface area contributed by atoms with Gasteiger partial charge in [-0.25, -0.2) is 18.0 Å². The zero-order valence-corrected chi connectivity index (χ0v) is 13.7. The van der Waals surface area contributed by atoms with Crippen molar-refractivity contribution < 1.29 is 32.3 Å². The Balaban J connectivity index is 1.57. The van der Waals surface area contributed by atoms with Crippen LogP contribution in [0.3, 0.4) is 0 Å². The molecular formula is C18H13F3N2O4. The molecule has 9 heteroatoms. The minimum atomic E-state index is -1.72. The summed E-state index contributed by atoms with van der Waals surface area (Å²) in [5.74, 6) is -6.88. The topological polar surface area (TPSA) is 84.5 Å². The van der Waals surface area contributed by atoms with Crippen LogP contribution in [0.4, 0.5) is 18.9 Å². The molecule has 2 amide bonds. The van der Waals surface area contributed by atoms with Crippen LogP contribution in [-0.4, -0.2) is 30.4 Å². The number of cyclic esters (lactones) is 1. The Bertz CT molecular complexity index is 933.